The average molecular weight is 266 g/mol. The third kappa shape index (κ3) is 2.45. The maximum atomic E-state index is 12.1. The van der Waals surface area contributed by atoms with Crippen LogP contribution in [-0.4, -0.2) is 12.5 Å². The van der Waals surface area contributed by atoms with Crippen molar-refractivity contribution in [2.75, 3.05) is 11.9 Å². The lowest BCUT2D eigenvalue weighted by atomic mass is 10.0. The minimum atomic E-state index is -0.307. The van der Waals surface area contributed by atoms with Crippen molar-refractivity contribution < 1.29 is 4.79 Å². The predicted molar refractivity (Wildman–Crippen MR) is 81.2 cm³/mol. The lowest BCUT2D eigenvalue weighted by Crippen LogP contribution is -2.30. The smallest absolute Gasteiger partial charge is 0.231 e. The number of anilines is 1. The molecule has 1 aliphatic rings. The third-order valence-corrected chi connectivity index (χ3v) is 3.98. The molecule has 3 rings (SSSR count). The fraction of sp³-hybridized carbons (Fsp3) is 0.235. The van der Waals surface area contributed by atoms with Gasteiger partial charge in [-0.1, -0.05) is 42.5 Å². The van der Waals surface area contributed by atoms with E-state index in [0.29, 0.717) is 6.54 Å². The Morgan fingerprint density at radius 3 is 2.15 bits per heavy atom. The predicted octanol–water partition coefficient (Wildman–Crippen LogP) is 3.03. The lowest BCUT2D eigenvalue weighted by molar-refractivity contribution is -0.120. The van der Waals surface area contributed by atoms with Crippen LogP contribution in [-0.2, 0) is 4.79 Å². The van der Waals surface area contributed by atoms with E-state index in [1.807, 2.05) is 42.5 Å². The second kappa shape index (κ2) is 5.10. The molecule has 0 heterocycles. The summed E-state index contributed by atoms with van der Waals surface area (Å²) in [4.78, 5) is 12.1. The summed E-state index contributed by atoms with van der Waals surface area (Å²) in [6, 6.07) is 18.1. The van der Waals surface area contributed by atoms with Gasteiger partial charge < -0.3 is 11.1 Å². The van der Waals surface area contributed by atoms with E-state index in [9.17, 15) is 4.79 Å². The van der Waals surface area contributed by atoms with Crippen molar-refractivity contribution in [3.63, 3.8) is 0 Å². The topological polar surface area (TPSA) is 55.1 Å². The van der Waals surface area contributed by atoms with Crippen LogP contribution in [0.15, 0.2) is 54.6 Å². The summed E-state index contributed by atoms with van der Waals surface area (Å²) in [7, 11) is 0. The van der Waals surface area contributed by atoms with Crippen LogP contribution in [0.5, 0.6) is 0 Å². The molecule has 1 aliphatic carbocycles. The Balaban J connectivity index is 1.72. The summed E-state index contributed by atoms with van der Waals surface area (Å²) in [6.45, 7) is 0.431. The van der Waals surface area contributed by atoms with Crippen LogP contribution in [0.1, 0.15) is 12.8 Å². The van der Waals surface area contributed by atoms with Crippen LogP contribution < -0.4 is 11.1 Å². The van der Waals surface area contributed by atoms with E-state index in [2.05, 4.69) is 17.4 Å². The summed E-state index contributed by atoms with van der Waals surface area (Å²) < 4.78 is 0. The molecule has 3 N–H and O–H groups in total. The Kier molecular flexibility index (Phi) is 3.28. The first-order valence-electron chi connectivity index (χ1n) is 6.91. The number of rotatable bonds is 4. The lowest BCUT2D eigenvalue weighted by Gasteiger charge is -2.13. The standard InChI is InChI=1S/C17H18N2O/c18-12-17(10-11-17)16(20)19-15-8-6-14(7-9-15)13-4-2-1-3-5-13/h1-9H,10-12,18H2,(H,19,20). The number of nitrogens with two attached hydrogens (primary N) is 1. The van der Waals surface area contributed by atoms with Gasteiger partial charge in [-0.05, 0) is 36.1 Å². The molecule has 0 saturated heterocycles. The van der Waals surface area contributed by atoms with Gasteiger partial charge >= 0.3 is 0 Å². The van der Waals surface area contributed by atoms with E-state index < -0.39 is 0 Å². The fourth-order valence-electron chi connectivity index (χ4n) is 2.32. The molecule has 20 heavy (non-hydrogen) atoms. The Morgan fingerprint density at radius 2 is 1.60 bits per heavy atom. The molecular weight excluding hydrogens is 248 g/mol. The van der Waals surface area contributed by atoms with Gasteiger partial charge in [-0.25, -0.2) is 0 Å². The number of hydrogen-bond acceptors (Lipinski definition) is 2. The first-order chi connectivity index (χ1) is 9.73. The third-order valence-electron chi connectivity index (χ3n) is 3.98. The van der Waals surface area contributed by atoms with Crippen LogP contribution in [0.4, 0.5) is 5.69 Å². The van der Waals surface area contributed by atoms with E-state index in [4.69, 9.17) is 5.73 Å². The van der Waals surface area contributed by atoms with Crippen molar-refractivity contribution in [2.24, 2.45) is 11.1 Å². The molecule has 0 aliphatic heterocycles. The Hall–Kier alpha value is -2.13. The molecule has 2 aromatic rings. The quantitative estimate of drug-likeness (QED) is 0.893. The number of benzene rings is 2. The molecule has 3 nitrogen and oxygen atoms in total. The fourth-order valence-corrected chi connectivity index (χ4v) is 2.32. The Labute approximate surface area is 118 Å². The summed E-state index contributed by atoms with van der Waals surface area (Å²) in [5, 5.41) is 2.96. The van der Waals surface area contributed by atoms with Gasteiger partial charge in [0.1, 0.15) is 0 Å². The molecule has 0 unspecified atom stereocenters. The van der Waals surface area contributed by atoms with E-state index in [0.717, 1.165) is 24.1 Å². The highest BCUT2D eigenvalue weighted by atomic mass is 16.2. The van der Waals surface area contributed by atoms with E-state index in [-0.39, 0.29) is 11.3 Å². The van der Waals surface area contributed by atoms with Crippen LogP contribution in [0.3, 0.4) is 0 Å². The molecule has 0 aromatic heterocycles. The number of amides is 1. The average Bonchev–Trinajstić information content (AvgIpc) is 3.30. The van der Waals surface area contributed by atoms with Crippen molar-refractivity contribution in [3.05, 3.63) is 54.6 Å². The summed E-state index contributed by atoms with van der Waals surface area (Å²) in [6.07, 6.45) is 1.80. The van der Waals surface area contributed by atoms with E-state index >= 15 is 0 Å². The molecule has 0 radical (unpaired) electrons. The zero-order valence-electron chi connectivity index (χ0n) is 11.3. The second-order valence-electron chi connectivity index (χ2n) is 5.38. The summed E-state index contributed by atoms with van der Waals surface area (Å²) in [5.74, 6) is 0.0486. The Morgan fingerprint density at radius 1 is 1.00 bits per heavy atom. The van der Waals surface area contributed by atoms with Crippen LogP contribution in [0, 0.1) is 5.41 Å². The largest absolute Gasteiger partial charge is 0.329 e. The van der Waals surface area contributed by atoms with Crippen molar-refractivity contribution in [1.82, 2.24) is 0 Å². The van der Waals surface area contributed by atoms with Gasteiger partial charge in [-0.3, -0.25) is 4.79 Å². The summed E-state index contributed by atoms with van der Waals surface area (Å²) >= 11 is 0. The maximum Gasteiger partial charge on any atom is 0.231 e. The molecule has 0 bridgehead atoms. The molecule has 2 aromatic carbocycles. The van der Waals surface area contributed by atoms with Crippen molar-refractivity contribution >= 4 is 11.6 Å². The highest BCUT2D eigenvalue weighted by molar-refractivity contribution is 5.97. The first kappa shape index (κ1) is 12.9. The number of carbonyl (C=O) groups is 1. The van der Waals surface area contributed by atoms with Gasteiger partial charge in [0.25, 0.3) is 0 Å². The van der Waals surface area contributed by atoms with Gasteiger partial charge in [0.05, 0.1) is 5.41 Å². The van der Waals surface area contributed by atoms with Gasteiger partial charge in [-0.2, -0.15) is 0 Å². The Bertz CT molecular complexity index is 601. The second-order valence-corrected chi connectivity index (χ2v) is 5.38. The van der Waals surface area contributed by atoms with Gasteiger partial charge in [0.2, 0.25) is 5.91 Å². The molecular formula is C17H18N2O. The zero-order chi connectivity index (χ0) is 14.0. The van der Waals surface area contributed by atoms with Crippen LogP contribution >= 0.6 is 0 Å². The number of hydrogen-bond donors (Lipinski definition) is 2. The molecule has 1 fully saturated rings. The SMILES string of the molecule is NCC1(C(=O)Nc2ccc(-c3ccccc3)cc2)CC1. The molecule has 1 amide bonds. The van der Waals surface area contributed by atoms with Gasteiger partial charge in [-0.15, -0.1) is 0 Å². The van der Waals surface area contributed by atoms with Crippen molar-refractivity contribution in [3.8, 4) is 11.1 Å². The van der Waals surface area contributed by atoms with Gasteiger partial charge in [0, 0.05) is 12.2 Å². The zero-order valence-corrected chi connectivity index (χ0v) is 11.3. The minimum absolute atomic E-state index is 0.0486. The summed E-state index contributed by atoms with van der Waals surface area (Å²) in [5.41, 5.74) is 8.50. The van der Waals surface area contributed by atoms with Crippen LogP contribution in [0.25, 0.3) is 11.1 Å². The highest BCUT2D eigenvalue weighted by Gasteiger charge is 2.48. The van der Waals surface area contributed by atoms with Crippen LogP contribution in [0.2, 0.25) is 0 Å². The normalized spacial score (nSPS) is 15.7. The van der Waals surface area contributed by atoms with E-state index in [1.165, 1.54) is 5.56 Å². The molecule has 0 atom stereocenters. The highest BCUT2D eigenvalue weighted by Crippen LogP contribution is 2.45. The molecule has 102 valence electrons. The monoisotopic (exact) mass is 266 g/mol. The molecule has 1 saturated carbocycles. The molecule has 0 spiro atoms. The minimum Gasteiger partial charge on any atom is -0.329 e. The maximum absolute atomic E-state index is 12.1. The number of nitrogens with one attached hydrogen (secondary N) is 1. The van der Waals surface area contributed by atoms with Crippen molar-refractivity contribution in [1.29, 1.82) is 0 Å². The van der Waals surface area contributed by atoms with Gasteiger partial charge in [0.15, 0.2) is 0 Å². The molecule has 3 heteroatoms. The number of carbonyl (C=O) groups excluding carboxylic acids is 1. The van der Waals surface area contributed by atoms with Crippen molar-refractivity contribution in [2.45, 2.75) is 12.8 Å². The van der Waals surface area contributed by atoms with E-state index in [1.54, 1.807) is 0 Å². The first-order valence-corrected chi connectivity index (χ1v) is 6.91.